The molecule has 1 saturated carbocycles. The third-order valence-electron chi connectivity index (χ3n) is 4.86. The number of pyridine rings is 2. The molecule has 2 aromatic heterocycles. The van der Waals surface area contributed by atoms with Gasteiger partial charge in [0.1, 0.15) is 10.3 Å². The summed E-state index contributed by atoms with van der Waals surface area (Å²) in [5, 5.41) is 3.00. The molecule has 0 spiro atoms. The molecule has 160 valence electrons. The Hall–Kier alpha value is -2.68. The molecule has 0 bridgehead atoms. The molecule has 1 N–H and O–H groups in total. The van der Waals surface area contributed by atoms with Crippen molar-refractivity contribution in [2.75, 3.05) is 11.6 Å². The van der Waals surface area contributed by atoms with Crippen molar-refractivity contribution in [2.45, 2.75) is 23.7 Å². The number of nitrogens with zero attached hydrogens (tertiary/aromatic N) is 2. The first-order valence-corrected chi connectivity index (χ1v) is 12.0. The Morgan fingerprint density at radius 3 is 2.39 bits per heavy atom. The molecule has 1 amide bonds. The van der Waals surface area contributed by atoms with Crippen molar-refractivity contribution in [1.82, 2.24) is 9.55 Å². The van der Waals surface area contributed by atoms with Gasteiger partial charge in [0.25, 0.3) is 11.5 Å². The zero-order valence-corrected chi connectivity index (χ0v) is 18.6. The van der Waals surface area contributed by atoms with Crippen LogP contribution in [0.4, 0.5) is 5.69 Å². The van der Waals surface area contributed by atoms with Crippen LogP contribution in [0.15, 0.2) is 58.2 Å². The Kier molecular flexibility index (Phi) is 5.63. The fourth-order valence-electron chi connectivity index (χ4n) is 3.36. The van der Waals surface area contributed by atoms with Crippen LogP contribution in [0.1, 0.15) is 34.8 Å². The van der Waals surface area contributed by atoms with Crippen LogP contribution in [-0.2, 0) is 9.84 Å². The van der Waals surface area contributed by atoms with Crippen LogP contribution in [0.3, 0.4) is 0 Å². The highest BCUT2D eigenvalue weighted by molar-refractivity contribution is 7.90. The number of aromatic nitrogens is 2. The summed E-state index contributed by atoms with van der Waals surface area (Å²) in [6.45, 7) is 0. The smallest absolute Gasteiger partial charge is 0.257 e. The number of sulfone groups is 1. The number of amides is 1. The van der Waals surface area contributed by atoms with Crippen molar-refractivity contribution >= 4 is 44.6 Å². The van der Waals surface area contributed by atoms with E-state index in [1.807, 2.05) is 0 Å². The molecule has 10 heteroatoms. The molecule has 0 atom stereocenters. The van der Waals surface area contributed by atoms with Crippen molar-refractivity contribution in [2.24, 2.45) is 0 Å². The summed E-state index contributed by atoms with van der Waals surface area (Å²) in [6.07, 6.45) is 2.75. The molecular formula is C21H17Cl2N3O4S. The average Bonchev–Trinajstić information content (AvgIpc) is 3.51. The van der Waals surface area contributed by atoms with E-state index in [-0.39, 0.29) is 26.7 Å². The van der Waals surface area contributed by atoms with Crippen LogP contribution >= 0.6 is 23.2 Å². The minimum Gasteiger partial charge on any atom is -0.322 e. The summed E-state index contributed by atoms with van der Waals surface area (Å²) >= 11 is 11.8. The summed E-state index contributed by atoms with van der Waals surface area (Å²) in [6, 6.07) is 11.8. The second kappa shape index (κ2) is 8.11. The highest BCUT2D eigenvalue weighted by Gasteiger charge is 2.32. The van der Waals surface area contributed by atoms with Gasteiger partial charge in [-0.2, -0.15) is 0 Å². The van der Waals surface area contributed by atoms with Gasteiger partial charge in [0.05, 0.1) is 16.1 Å². The Morgan fingerprint density at radius 2 is 1.77 bits per heavy atom. The number of anilines is 1. The molecule has 0 unspecified atom stereocenters. The van der Waals surface area contributed by atoms with Crippen molar-refractivity contribution in [3.63, 3.8) is 0 Å². The van der Waals surface area contributed by atoms with Gasteiger partial charge in [-0.1, -0.05) is 29.3 Å². The second-order valence-electron chi connectivity index (χ2n) is 7.31. The molecular weight excluding hydrogens is 461 g/mol. The lowest BCUT2D eigenvalue weighted by molar-refractivity contribution is 0.102. The minimum atomic E-state index is -3.46. The van der Waals surface area contributed by atoms with Gasteiger partial charge in [-0.3, -0.25) is 14.2 Å². The van der Waals surface area contributed by atoms with Gasteiger partial charge in [0.2, 0.25) is 0 Å². The SMILES string of the molecule is CS(=O)(=O)c1cccc(-n2c(C3CC3)c(C(=O)Nc3cc(Cl)nc(Cl)c3)ccc2=O)c1. The van der Waals surface area contributed by atoms with Crippen LogP contribution in [0.2, 0.25) is 10.3 Å². The molecule has 4 rings (SSSR count). The van der Waals surface area contributed by atoms with Crippen LogP contribution in [0, 0.1) is 0 Å². The van der Waals surface area contributed by atoms with Crippen LogP contribution in [0.5, 0.6) is 0 Å². The topological polar surface area (TPSA) is 98.1 Å². The molecule has 1 fully saturated rings. The van der Waals surface area contributed by atoms with Gasteiger partial charge in [-0.05, 0) is 49.2 Å². The number of hydrogen-bond donors (Lipinski definition) is 1. The molecule has 31 heavy (non-hydrogen) atoms. The molecule has 0 radical (unpaired) electrons. The number of benzene rings is 1. The van der Waals surface area contributed by atoms with Gasteiger partial charge < -0.3 is 5.32 Å². The fourth-order valence-corrected chi connectivity index (χ4v) is 4.48. The van der Waals surface area contributed by atoms with Gasteiger partial charge in [-0.25, -0.2) is 13.4 Å². The Labute approximate surface area is 188 Å². The quantitative estimate of drug-likeness (QED) is 0.558. The van der Waals surface area contributed by atoms with Gasteiger partial charge in [0, 0.05) is 29.6 Å². The van der Waals surface area contributed by atoms with E-state index in [1.54, 1.807) is 12.1 Å². The zero-order chi connectivity index (χ0) is 22.3. The number of nitrogens with one attached hydrogen (secondary N) is 1. The molecule has 2 heterocycles. The summed E-state index contributed by atoms with van der Waals surface area (Å²) < 4.78 is 25.4. The molecule has 1 aromatic carbocycles. The largest absolute Gasteiger partial charge is 0.322 e. The summed E-state index contributed by atoms with van der Waals surface area (Å²) in [7, 11) is -3.46. The van der Waals surface area contributed by atoms with E-state index in [9.17, 15) is 18.0 Å². The lowest BCUT2D eigenvalue weighted by Crippen LogP contribution is -2.26. The number of carbonyl (C=O) groups excluding carboxylic acids is 1. The van der Waals surface area contributed by atoms with Crippen molar-refractivity contribution in [3.8, 4) is 5.69 Å². The first kappa shape index (κ1) is 21.5. The van der Waals surface area contributed by atoms with E-state index in [1.165, 1.54) is 41.0 Å². The Bertz CT molecular complexity index is 1350. The first-order valence-electron chi connectivity index (χ1n) is 9.34. The number of rotatable bonds is 5. The molecule has 7 nitrogen and oxygen atoms in total. The maximum Gasteiger partial charge on any atom is 0.257 e. The van der Waals surface area contributed by atoms with Gasteiger partial charge in [-0.15, -0.1) is 0 Å². The van der Waals surface area contributed by atoms with E-state index in [0.717, 1.165) is 19.1 Å². The number of carbonyl (C=O) groups is 1. The highest BCUT2D eigenvalue weighted by atomic mass is 35.5. The monoisotopic (exact) mass is 477 g/mol. The molecule has 0 saturated heterocycles. The standard InChI is InChI=1S/C21H17Cl2N3O4S/c1-31(29,30)15-4-2-3-14(11-15)26-19(27)8-7-16(20(26)12-5-6-12)21(28)24-13-9-17(22)25-18(23)10-13/h2-4,7-12H,5-6H2,1H3,(H,24,25,28). The maximum atomic E-state index is 13.1. The lowest BCUT2D eigenvalue weighted by Gasteiger charge is -2.17. The summed E-state index contributed by atoms with van der Waals surface area (Å²) in [5.41, 5.74) is 1.27. The fraction of sp³-hybridized carbons (Fsp3) is 0.190. The van der Waals surface area contributed by atoms with Crippen molar-refractivity contribution in [1.29, 1.82) is 0 Å². The lowest BCUT2D eigenvalue weighted by atomic mass is 10.1. The van der Waals surface area contributed by atoms with Crippen LogP contribution < -0.4 is 10.9 Å². The molecule has 1 aliphatic rings. The summed E-state index contributed by atoms with van der Waals surface area (Å²) in [4.78, 5) is 29.8. The third kappa shape index (κ3) is 4.66. The van der Waals surface area contributed by atoms with E-state index >= 15 is 0 Å². The Balaban J connectivity index is 1.83. The minimum absolute atomic E-state index is 0.0150. The van der Waals surface area contributed by atoms with E-state index < -0.39 is 15.7 Å². The van der Waals surface area contributed by atoms with Crippen molar-refractivity contribution in [3.05, 3.63) is 80.4 Å². The first-order chi connectivity index (χ1) is 14.6. The van der Waals surface area contributed by atoms with Crippen molar-refractivity contribution < 1.29 is 13.2 Å². The average molecular weight is 478 g/mol. The number of halogens is 2. The van der Waals surface area contributed by atoms with E-state index in [2.05, 4.69) is 10.3 Å². The van der Waals surface area contributed by atoms with E-state index in [0.29, 0.717) is 22.6 Å². The predicted octanol–water partition coefficient (Wildman–Crippen LogP) is 4.07. The van der Waals surface area contributed by atoms with Crippen LogP contribution in [0.25, 0.3) is 5.69 Å². The second-order valence-corrected chi connectivity index (χ2v) is 10.1. The molecule has 0 aliphatic heterocycles. The van der Waals surface area contributed by atoms with Crippen LogP contribution in [-0.4, -0.2) is 30.1 Å². The zero-order valence-electron chi connectivity index (χ0n) is 16.3. The number of hydrogen-bond acceptors (Lipinski definition) is 5. The maximum absolute atomic E-state index is 13.1. The van der Waals surface area contributed by atoms with E-state index in [4.69, 9.17) is 23.2 Å². The highest BCUT2D eigenvalue weighted by Crippen LogP contribution is 2.42. The third-order valence-corrected chi connectivity index (χ3v) is 6.36. The predicted molar refractivity (Wildman–Crippen MR) is 119 cm³/mol. The summed E-state index contributed by atoms with van der Waals surface area (Å²) in [5.74, 6) is -0.422. The van der Waals surface area contributed by atoms with Gasteiger partial charge >= 0.3 is 0 Å². The normalized spacial score (nSPS) is 13.8. The molecule has 1 aliphatic carbocycles. The molecule has 3 aromatic rings. The Morgan fingerprint density at radius 1 is 1.10 bits per heavy atom. The van der Waals surface area contributed by atoms with Gasteiger partial charge in [0.15, 0.2) is 9.84 Å².